The van der Waals surface area contributed by atoms with Gasteiger partial charge in [-0.15, -0.1) is 11.3 Å². The molecule has 0 aliphatic carbocycles. The van der Waals surface area contributed by atoms with Crippen molar-refractivity contribution in [1.29, 1.82) is 0 Å². The van der Waals surface area contributed by atoms with Crippen LogP contribution >= 0.6 is 11.3 Å². The van der Waals surface area contributed by atoms with Gasteiger partial charge in [0.2, 0.25) is 0 Å². The molecule has 0 aliphatic rings. The molecule has 44 heavy (non-hydrogen) atoms. The molecule has 0 atom stereocenters. The van der Waals surface area contributed by atoms with Crippen LogP contribution < -0.4 is 0 Å². The van der Waals surface area contributed by atoms with E-state index in [2.05, 4.69) is 97.1 Å². The number of nitrogens with zero attached hydrogens (tertiary/aromatic N) is 2. The predicted molar refractivity (Wildman–Crippen MR) is 185 cm³/mol. The average Bonchev–Trinajstić information content (AvgIpc) is 3.67. The number of thiophene rings is 1. The second-order valence-electron chi connectivity index (χ2n) is 11.3. The molecule has 0 saturated carbocycles. The van der Waals surface area contributed by atoms with Gasteiger partial charge in [0.05, 0.1) is 0 Å². The van der Waals surface area contributed by atoms with Crippen LogP contribution in [0.15, 0.2) is 138 Å². The standard InChI is InChI=1S/C40H22N2OS/c1-3-10-23(11-4-1)36-38-37(42-40(41-36)24-12-5-2-6-13-24)31-19-18-25(22-32(31)43-38)26-20-21-30-28-15-8-7-14-27(28)29-16-9-17-33-34(29)35(30)39(26)44-33/h1-22H. The zero-order valence-electron chi connectivity index (χ0n) is 23.4. The van der Waals surface area contributed by atoms with E-state index in [0.717, 1.165) is 38.9 Å². The Hall–Kier alpha value is -5.58. The molecular formula is C40H22N2OS. The Labute approximate surface area is 256 Å². The van der Waals surface area contributed by atoms with Crippen molar-refractivity contribution in [2.75, 3.05) is 0 Å². The largest absolute Gasteiger partial charge is 0.452 e. The summed E-state index contributed by atoms with van der Waals surface area (Å²) < 4.78 is 9.27. The van der Waals surface area contributed by atoms with Crippen molar-refractivity contribution in [2.24, 2.45) is 0 Å². The van der Waals surface area contributed by atoms with E-state index < -0.39 is 0 Å². The molecule has 0 unspecified atom stereocenters. The van der Waals surface area contributed by atoms with E-state index >= 15 is 0 Å². The van der Waals surface area contributed by atoms with Crippen LogP contribution in [0.1, 0.15) is 0 Å². The number of rotatable bonds is 3. The minimum Gasteiger partial charge on any atom is -0.452 e. The van der Waals surface area contributed by atoms with E-state index in [4.69, 9.17) is 14.4 Å². The third-order valence-corrected chi connectivity index (χ3v) is 10.0. The molecule has 10 aromatic rings. The van der Waals surface area contributed by atoms with Gasteiger partial charge in [0.25, 0.3) is 0 Å². The minimum absolute atomic E-state index is 0.692. The topological polar surface area (TPSA) is 38.9 Å². The van der Waals surface area contributed by atoms with Gasteiger partial charge in [-0.2, -0.15) is 0 Å². The third-order valence-electron chi connectivity index (χ3n) is 8.86. The second-order valence-corrected chi connectivity index (χ2v) is 12.4. The van der Waals surface area contributed by atoms with Gasteiger partial charge in [0, 0.05) is 36.7 Å². The lowest BCUT2D eigenvalue weighted by atomic mass is 9.92. The van der Waals surface area contributed by atoms with Crippen molar-refractivity contribution in [2.45, 2.75) is 0 Å². The monoisotopic (exact) mass is 578 g/mol. The number of benzene rings is 7. The lowest BCUT2D eigenvalue weighted by Crippen LogP contribution is -1.93. The van der Waals surface area contributed by atoms with Crippen molar-refractivity contribution < 1.29 is 4.42 Å². The third kappa shape index (κ3) is 3.31. The number of furan rings is 1. The van der Waals surface area contributed by atoms with Crippen molar-refractivity contribution in [3.8, 4) is 33.8 Å². The van der Waals surface area contributed by atoms with E-state index in [1.165, 1.54) is 47.3 Å². The molecule has 0 radical (unpaired) electrons. The summed E-state index contributed by atoms with van der Waals surface area (Å²) in [5, 5.41) is 8.95. The summed E-state index contributed by atoms with van der Waals surface area (Å²) in [5.41, 5.74) is 7.49. The summed E-state index contributed by atoms with van der Waals surface area (Å²) in [5.74, 6) is 0.692. The van der Waals surface area contributed by atoms with Gasteiger partial charge in [-0.25, -0.2) is 9.97 Å². The van der Waals surface area contributed by atoms with Gasteiger partial charge in [-0.1, -0.05) is 115 Å². The predicted octanol–water partition coefficient (Wildman–Crippen LogP) is 11.5. The maximum absolute atomic E-state index is 6.64. The van der Waals surface area contributed by atoms with E-state index in [1.54, 1.807) is 0 Å². The van der Waals surface area contributed by atoms with Crippen LogP contribution in [0.4, 0.5) is 0 Å². The van der Waals surface area contributed by atoms with E-state index in [9.17, 15) is 0 Å². The summed E-state index contributed by atoms with van der Waals surface area (Å²) in [4.78, 5) is 10.1. The summed E-state index contributed by atoms with van der Waals surface area (Å²) in [6.07, 6.45) is 0. The summed E-state index contributed by atoms with van der Waals surface area (Å²) in [6, 6.07) is 47.0. The fourth-order valence-electron chi connectivity index (χ4n) is 6.87. The van der Waals surface area contributed by atoms with Gasteiger partial charge in [-0.3, -0.25) is 0 Å². The quantitative estimate of drug-likeness (QED) is 0.196. The number of hydrogen-bond donors (Lipinski definition) is 0. The molecule has 3 nitrogen and oxygen atoms in total. The summed E-state index contributed by atoms with van der Waals surface area (Å²) in [6.45, 7) is 0. The Balaban J connectivity index is 1.24. The molecule has 7 aromatic carbocycles. The van der Waals surface area contributed by atoms with Gasteiger partial charge >= 0.3 is 0 Å². The van der Waals surface area contributed by atoms with Crippen LogP contribution in [-0.2, 0) is 0 Å². The fraction of sp³-hybridized carbons (Fsp3) is 0. The van der Waals surface area contributed by atoms with Gasteiger partial charge in [0.15, 0.2) is 11.4 Å². The number of hydrogen-bond acceptors (Lipinski definition) is 4. The Morgan fingerprint density at radius 1 is 0.500 bits per heavy atom. The molecule has 3 aromatic heterocycles. The molecule has 10 rings (SSSR count). The van der Waals surface area contributed by atoms with Crippen LogP contribution in [0.2, 0.25) is 0 Å². The Kier molecular flexibility index (Phi) is 4.87. The Morgan fingerprint density at radius 3 is 1.98 bits per heavy atom. The molecule has 0 fully saturated rings. The molecule has 4 heteroatoms. The Morgan fingerprint density at radius 2 is 1.18 bits per heavy atom. The molecule has 0 aliphatic heterocycles. The fourth-order valence-corrected chi connectivity index (χ4v) is 8.16. The Bertz CT molecular complexity index is 2710. The van der Waals surface area contributed by atoms with Crippen LogP contribution in [0.3, 0.4) is 0 Å². The summed E-state index contributed by atoms with van der Waals surface area (Å²) in [7, 11) is 0. The normalized spacial score (nSPS) is 12.1. The van der Waals surface area contributed by atoms with Crippen LogP contribution in [-0.4, -0.2) is 9.97 Å². The molecule has 0 spiro atoms. The lowest BCUT2D eigenvalue weighted by molar-refractivity contribution is 0.667. The molecule has 0 N–H and O–H groups in total. The first-order chi connectivity index (χ1) is 21.8. The maximum atomic E-state index is 6.64. The highest BCUT2D eigenvalue weighted by Crippen LogP contribution is 2.48. The molecule has 0 bridgehead atoms. The highest BCUT2D eigenvalue weighted by atomic mass is 32.1. The second kappa shape index (κ2) is 8.96. The first-order valence-corrected chi connectivity index (χ1v) is 15.6. The number of fused-ring (bicyclic) bond motifs is 6. The zero-order chi connectivity index (χ0) is 28.8. The van der Waals surface area contributed by atoms with Crippen LogP contribution in [0.5, 0.6) is 0 Å². The molecule has 204 valence electrons. The van der Waals surface area contributed by atoms with Crippen molar-refractivity contribution in [3.05, 3.63) is 133 Å². The first-order valence-electron chi connectivity index (χ1n) is 14.8. The van der Waals surface area contributed by atoms with Crippen LogP contribution in [0.25, 0.3) is 97.6 Å². The molecule has 0 saturated heterocycles. The number of aromatic nitrogens is 2. The smallest absolute Gasteiger partial charge is 0.180 e. The van der Waals surface area contributed by atoms with E-state index in [1.807, 2.05) is 47.7 Å². The highest BCUT2D eigenvalue weighted by Gasteiger charge is 2.21. The zero-order valence-corrected chi connectivity index (χ0v) is 24.2. The van der Waals surface area contributed by atoms with E-state index in [-0.39, 0.29) is 0 Å². The van der Waals surface area contributed by atoms with E-state index in [0.29, 0.717) is 11.4 Å². The highest BCUT2D eigenvalue weighted by molar-refractivity contribution is 7.26. The molecule has 0 amide bonds. The maximum Gasteiger partial charge on any atom is 0.180 e. The summed E-state index contributed by atoms with van der Waals surface area (Å²) >= 11 is 1.88. The van der Waals surface area contributed by atoms with Gasteiger partial charge in [0.1, 0.15) is 16.8 Å². The van der Waals surface area contributed by atoms with Crippen molar-refractivity contribution in [1.82, 2.24) is 9.97 Å². The van der Waals surface area contributed by atoms with Gasteiger partial charge < -0.3 is 4.42 Å². The van der Waals surface area contributed by atoms with Crippen molar-refractivity contribution >= 4 is 75.1 Å². The SMILES string of the molecule is c1ccc(-c2nc(-c3ccccc3)c3oc4cc(-c5ccc6c7ccccc7c7cccc8sc5c6c87)ccc4c3n2)cc1. The van der Waals surface area contributed by atoms with Crippen molar-refractivity contribution in [3.63, 3.8) is 0 Å². The minimum atomic E-state index is 0.692. The van der Waals surface area contributed by atoms with Gasteiger partial charge in [-0.05, 0) is 50.9 Å². The molecular weight excluding hydrogens is 557 g/mol. The van der Waals surface area contributed by atoms with Crippen LogP contribution in [0, 0.1) is 0 Å². The average molecular weight is 579 g/mol. The first kappa shape index (κ1) is 23.9. The molecule has 3 heterocycles. The lowest BCUT2D eigenvalue weighted by Gasteiger charge is -2.11.